The maximum atomic E-state index is 13.9. The zero-order valence-corrected chi connectivity index (χ0v) is 10.7. The van der Waals surface area contributed by atoms with Crippen molar-refractivity contribution in [2.45, 2.75) is 12.8 Å². The largest absolute Gasteiger partial charge is 0.465 e. The first kappa shape index (κ1) is 13.2. The molecule has 0 amide bonds. The summed E-state index contributed by atoms with van der Waals surface area (Å²) in [6.07, 6.45) is 1.32. The predicted octanol–water partition coefficient (Wildman–Crippen LogP) is 1.65. The summed E-state index contributed by atoms with van der Waals surface area (Å²) in [5.74, 6) is -1.57. The third-order valence-corrected chi connectivity index (χ3v) is 2.74. The van der Waals surface area contributed by atoms with Gasteiger partial charge in [-0.15, -0.1) is 0 Å². The van der Waals surface area contributed by atoms with E-state index in [1.54, 1.807) is 32.2 Å². The van der Waals surface area contributed by atoms with Gasteiger partial charge in [-0.1, -0.05) is 18.2 Å². The lowest BCUT2D eigenvalue weighted by Crippen LogP contribution is -2.21. The number of hydrogen-bond acceptors (Lipinski definition) is 4. The topological polar surface area (TPSA) is 57.0 Å². The van der Waals surface area contributed by atoms with Gasteiger partial charge in [0.15, 0.2) is 0 Å². The highest BCUT2D eigenvalue weighted by atomic mass is 19.1. The standard InChI is InChI=1S/C13H14FN3O2/c1-3-19-13(18)11(12-15-8-16-17(12)2)9-6-4-5-7-10(9)14/h4-8,11H,3H2,1-2H3. The van der Waals surface area contributed by atoms with E-state index < -0.39 is 17.7 Å². The molecule has 0 saturated heterocycles. The molecule has 2 rings (SSSR count). The fourth-order valence-corrected chi connectivity index (χ4v) is 1.87. The van der Waals surface area contributed by atoms with Crippen molar-refractivity contribution in [3.63, 3.8) is 0 Å². The SMILES string of the molecule is CCOC(=O)C(c1ccccc1F)c1ncnn1C. The molecular formula is C13H14FN3O2. The Balaban J connectivity index is 2.50. The monoisotopic (exact) mass is 263 g/mol. The van der Waals surface area contributed by atoms with Gasteiger partial charge in [0.25, 0.3) is 0 Å². The number of aromatic nitrogens is 3. The summed E-state index contributed by atoms with van der Waals surface area (Å²) in [6.45, 7) is 1.93. The normalized spacial score (nSPS) is 12.2. The van der Waals surface area contributed by atoms with E-state index in [-0.39, 0.29) is 12.2 Å². The number of carbonyl (C=O) groups excluding carboxylic acids is 1. The van der Waals surface area contributed by atoms with Gasteiger partial charge >= 0.3 is 5.97 Å². The van der Waals surface area contributed by atoms with Crippen molar-refractivity contribution >= 4 is 5.97 Å². The maximum Gasteiger partial charge on any atom is 0.321 e. The van der Waals surface area contributed by atoms with Crippen LogP contribution < -0.4 is 0 Å². The summed E-state index contributed by atoms with van der Waals surface area (Å²) in [4.78, 5) is 16.1. The molecule has 0 fully saturated rings. The Morgan fingerprint density at radius 2 is 2.21 bits per heavy atom. The average Bonchev–Trinajstić information content (AvgIpc) is 2.79. The Morgan fingerprint density at radius 1 is 1.47 bits per heavy atom. The van der Waals surface area contributed by atoms with E-state index in [4.69, 9.17) is 4.74 Å². The van der Waals surface area contributed by atoms with Crippen molar-refractivity contribution in [1.82, 2.24) is 14.8 Å². The molecule has 0 bridgehead atoms. The maximum absolute atomic E-state index is 13.9. The molecule has 0 radical (unpaired) electrons. The van der Waals surface area contributed by atoms with E-state index in [1.807, 2.05) is 0 Å². The Bertz CT molecular complexity index is 583. The second-order valence-corrected chi connectivity index (χ2v) is 3.95. The van der Waals surface area contributed by atoms with Crippen LogP contribution in [0.2, 0.25) is 0 Å². The molecule has 6 heteroatoms. The number of ether oxygens (including phenoxy) is 1. The van der Waals surface area contributed by atoms with Gasteiger partial charge in [-0.2, -0.15) is 5.10 Å². The summed E-state index contributed by atoms with van der Waals surface area (Å²) < 4.78 is 20.3. The summed E-state index contributed by atoms with van der Waals surface area (Å²) in [5.41, 5.74) is 0.233. The van der Waals surface area contributed by atoms with Crippen molar-refractivity contribution in [3.8, 4) is 0 Å². The molecule has 0 spiro atoms. The molecule has 1 heterocycles. The average molecular weight is 263 g/mol. The first-order valence-electron chi connectivity index (χ1n) is 5.90. The number of hydrogen-bond donors (Lipinski definition) is 0. The van der Waals surface area contributed by atoms with Crippen molar-refractivity contribution in [2.24, 2.45) is 7.05 Å². The van der Waals surface area contributed by atoms with Crippen LogP contribution in [-0.4, -0.2) is 27.3 Å². The predicted molar refractivity (Wildman–Crippen MR) is 65.9 cm³/mol. The van der Waals surface area contributed by atoms with Crippen LogP contribution in [0.1, 0.15) is 24.2 Å². The third kappa shape index (κ3) is 2.62. The van der Waals surface area contributed by atoms with Crippen LogP contribution in [-0.2, 0) is 16.6 Å². The molecule has 5 nitrogen and oxygen atoms in total. The van der Waals surface area contributed by atoms with Gasteiger partial charge in [0.2, 0.25) is 0 Å². The highest BCUT2D eigenvalue weighted by molar-refractivity contribution is 5.81. The highest BCUT2D eigenvalue weighted by Crippen LogP contribution is 2.26. The van der Waals surface area contributed by atoms with Crippen LogP contribution >= 0.6 is 0 Å². The lowest BCUT2D eigenvalue weighted by molar-refractivity contribution is -0.144. The number of rotatable bonds is 4. The zero-order valence-electron chi connectivity index (χ0n) is 10.7. The summed E-state index contributed by atoms with van der Waals surface area (Å²) >= 11 is 0. The third-order valence-electron chi connectivity index (χ3n) is 2.74. The summed E-state index contributed by atoms with van der Waals surface area (Å²) in [5, 5.41) is 3.91. The van der Waals surface area contributed by atoms with E-state index in [0.29, 0.717) is 5.82 Å². The number of halogens is 1. The lowest BCUT2D eigenvalue weighted by atomic mass is 9.97. The van der Waals surface area contributed by atoms with E-state index in [2.05, 4.69) is 10.1 Å². The Labute approximate surface area is 110 Å². The second-order valence-electron chi connectivity index (χ2n) is 3.95. The number of nitrogens with zero attached hydrogens (tertiary/aromatic N) is 3. The molecule has 1 unspecified atom stereocenters. The van der Waals surface area contributed by atoms with Crippen LogP contribution in [0.4, 0.5) is 4.39 Å². The second kappa shape index (κ2) is 5.60. The molecule has 0 aliphatic heterocycles. The smallest absolute Gasteiger partial charge is 0.321 e. The van der Waals surface area contributed by atoms with E-state index in [0.717, 1.165) is 0 Å². The van der Waals surface area contributed by atoms with Crippen LogP contribution in [0.5, 0.6) is 0 Å². The number of benzene rings is 1. The van der Waals surface area contributed by atoms with Crippen LogP contribution in [0, 0.1) is 5.82 Å². The zero-order chi connectivity index (χ0) is 13.8. The molecule has 1 aromatic carbocycles. The van der Waals surface area contributed by atoms with Gasteiger partial charge in [-0.05, 0) is 13.0 Å². The molecule has 1 atom stereocenters. The number of carbonyl (C=O) groups is 1. The van der Waals surface area contributed by atoms with Crippen LogP contribution in [0.3, 0.4) is 0 Å². The van der Waals surface area contributed by atoms with E-state index in [9.17, 15) is 9.18 Å². The van der Waals surface area contributed by atoms with Gasteiger partial charge in [0.05, 0.1) is 6.61 Å². The molecule has 0 aliphatic rings. The number of aryl methyl sites for hydroxylation is 1. The molecule has 0 aliphatic carbocycles. The van der Waals surface area contributed by atoms with Crippen molar-refractivity contribution < 1.29 is 13.9 Å². The molecule has 2 aromatic rings. The fourth-order valence-electron chi connectivity index (χ4n) is 1.87. The van der Waals surface area contributed by atoms with Crippen molar-refractivity contribution in [3.05, 3.63) is 47.8 Å². The van der Waals surface area contributed by atoms with E-state index >= 15 is 0 Å². The molecule has 1 aromatic heterocycles. The fraction of sp³-hybridized carbons (Fsp3) is 0.308. The molecule has 0 N–H and O–H groups in total. The minimum absolute atomic E-state index is 0.224. The lowest BCUT2D eigenvalue weighted by Gasteiger charge is -2.15. The van der Waals surface area contributed by atoms with Gasteiger partial charge in [-0.25, -0.2) is 9.37 Å². The Kier molecular flexibility index (Phi) is 3.89. The van der Waals surface area contributed by atoms with Gasteiger partial charge < -0.3 is 4.74 Å². The highest BCUT2D eigenvalue weighted by Gasteiger charge is 2.30. The molecule has 0 saturated carbocycles. The molecule has 19 heavy (non-hydrogen) atoms. The Hall–Kier alpha value is -2.24. The quantitative estimate of drug-likeness (QED) is 0.787. The Morgan fingerprint density at radius 3 is 2.79 bits per heavy atom. The van der Waals surface area contributed by atoms with Gasteiger partial charge in [0.1, 0.15) is 23.9 Å². The minimum Gasteiger partial charge on any atom is -0.465 e. The first-order chi connectivity index (χ1) is 9.15. The first-order valence-corrected chi connectivity index (χ1v) is 5.90. The van der Waals surface area contributed by atoms with Crippen molar-refractivity contribution in [2.75, 3.05) is 6.61 Å². The minimum atomic E-state index is -0.909. The number of esters is 1. The van der Waals surface area contributed by atoms with Gasteiger partial charge in [0, 0.05) is 12.6 Å². The van der Waals surface area contributed by atoms with Crippen molar-refractivity contribution in [1.29, 1.82) is 0 Å². The molecule has 100 valence electrons. The van der Waals surface area contributed by atoms with Crippen LogP contribution in [0.25, 0.3) is 0 Å². The van der Waals surface area contributed by atoms with Crippen LogP contribution in [0.15, 0.2) is 30.6 Å². The molecular weight excluding hydrogens is 249 g/mol. The van der Waals surface area contributed by atoms with Gasteiger partial charge in [-0.3, -0.25) is 9.48 Å². The van der Waals surface area contributed by atoms with E-state index in [1.165, 1.54) is 17.1 Å². The summed E-state index contributed by atoms with van der Waals surface area (Å²) in [7, 11) is 1.65. The summed E-state index contributed by atoms with van der Waals surface area (Å²) in [6, 6.07) is 6.09.